The van der Waals surface area contributed by atoms with E-state index in [-0.39, 0.29) is 0 Å². The maximum Gasteiger partial charge on any atom is 0.251 e. The zero-order chi connectivity index (χ0) is 11.7. The summed E-state index contributed by atoms with van der Waals surface area (Å²) in [7, 11) is 6.20. The van der Waals surface area contributed by atoms with Gasteiger partial charge in [0, 0.05) is 37.4 Å². The normalized spacial score (nSPS) is 12.6. The van der Waals surface area contributed by atoms with Gasteiger partial charge in [-0.15, -0.1) is 5.06 Å². The topological polar surface area (TPSA) is 30.9 Å². The number of hydrogen-bond donors (Lipinski definition) is 0. The van der Waals surface area contributed by atoms with E-state index in [1.165, 1.54) is 16.3 Å². The molecule has 0 unspecified atom stereocenters. The summed E-state index contributed by atoms with van der Waals surface area (Å²) in [6, 6.07) is 1.26. The Morgan fingerprint density at radius 2 is 1.80 bits per heavy atom. The van der Waals surface area contributed by atoms with Gasteiger partial charge in [0.1, 0.15) is 0 Å². The highest BCUT2D eigenvalue weighted by molar-refractivity contribution is 6.08. The van der Waals surface area contributed by atoms with Crippen LogP contribution in [0.15, 0.2) is 0 Å². The third-order valence-electron chi connectivity index (χ3n) is 2.52. The van der Waals surface area contributed by atoms with Gasteiger partial charge in [0.2, 0.25) is 0 Å². The van der Waals surface area contributed by atoms with Crippen LogP contribution in [0, 0.1) is 0 Å². The Hall–Kier alpha value is 0.0569. The minimum absolute atomic E-state index is 0.722. The van der Waals surface area contributed by atoms with Gasteiger partial charge in [-0.1, -0.05) is 13.0 Å². The zero-order valence-corrected chi connectivity index (χ0v) is 12.7. The first-order valence-electron chi connectivity index (χ1n) is 5.62. The summed E-state index contributed by atoms with van der Waals surface area (Å²) in [4.78, 5) is 5.35. The maximum atomic E-state index is 5.47. The van der Waals surface area contributed by atoms with E-state index in [9.17, 15) is 0 Å². The molecule has 15 heavy (non-hydrogen) atoms. The molecule has 0 aromatic heterocycles. The maximum absolute atomic E-state index is 5.47. The van der Waals surface area contributed by atoms with Gasteiger partial charge in [-0.25, -0.2) is 0 Å². The molecule has 0 aliphatic rings. The summed E-state index contributed by atoms with van der Waals surface area (Å²) in [6.45, 7) is 2.95. The summed E-state index contributed by atoms with van der Waals surface area (Å²) in [5, 5.41) is 1.80. The van der Waals surface area contributed by atoms with Crippen molar-refractivity contribution in [2.75, 3.05) is 27.9 Å². The quantitative estimate of drug-likeness (QED) is 0.336. The number of nitrogens with zero attached hydrogens (tertiary/aromatic N) is 1. The van der Waals surface area contributed by atoms with E-state index in [0.717, 1.165) is 25.8 Å². The van der Waals surface area contributed by atoms with E-state index < -0.39 is 5.91 Å². The van der Waals surface area contributed by atoms with Crippen molar-refractivity contribution in [3.05, 3.63) is 0 Å². The monoisotopic (exact) mass is 235 g/mol. The van der Waals surface area contributed by atoms with Crippen molar-refractivity contribution in [3.63, 3.8) is 0 Å². The SMILES string of the molecule is CCCC(OC)(OC)N(CCC[SiH3])OC. The molecular formula is C10H25NO3Si. The lowest BCUT2D eigenvalue weighted by Gasteiger charge is -2.39. The number of ether oxygens (including phenoxy) is 2. The fourth-order valence-electron chi connectivity index (χ4n) is 1.63. The van der Waals surface area contributed by atoms with Gasteiger partial charge >= 0.3 is 0 Å². The minimum Gasteiger partial charge on any atom is -0.339 e. The molecule has 92 valence electrons. The largest absolute Gasteiger partial charge is 0.339 e. The lowest BCUT2D eigenvalue weighted by atomic mass is 10.2. The van der Waals surface area contributed by atoms with Crippen molar-refractivity contribution < 1.29 is 14.3 Å². The Morgan fingerprint density at radius 1 is 1.20 bits per heavy atom. The molecule has 5 heteroatoms. The van der Waals surface area contributed by atoms with Crippen LogP contribution in [-0.4, -0.2) is 49.1 Å². The third kappa shape index (κ3) is 4.20. The summed E-state index contributed by atoms with van der Waals surface area (Å²) >= 11 is 0. The average Bonchev–Trinajstić information content (AvgIpc) is 2.28. The third-order valence-corrected chi connectivity index (χ3v) is 3.23. The first kappa shape index (κ1) is 15.1. The summed E-state index contributed by atoms with van der Waals surface area (Å²) in [5.74, 6) is -0.722. The highest BCUT2D eigenvalue weighted by Gasteiger charge is 2.36. The van der Waals surface area contributed by atoms with Crippen LogP contribution in [0.2, 0.25) is 6.04 Å². The summed E-state index contributed by atoms with van der Waals surface area (Å²) in [5.41, 5.74) is 0. The van der Waals surface area contributed by atoms with Gasteiger partial charge in [0.25, 0.3) is 5.91 Å². The molecule has 0 radical (unpaired) electrons. The Kier molecular flexibility index (Phi) is 8.27. The standard InChI is InChI=1S/C10H25NO3Si/c1-5-7-10(12-2,13-3)11(14-4)8-6-9-15/h5-9H2,1-4,15H3. The Bertz CT molecular complexity index is 154. The van der Waals surface area contributed by atoms with Crippen LogP contribution < -0.4 is 0 Å². The lowest BCUT2D eigenvalue weighted by molar-refractivity contribution is -0.390. The van der Waals surface area contributed by atoms with E-state index in [1.807, 2.05) is 0 Å². The second kappa shape index (κ2) is 8.24. The lowest BCUT2D eigenvalue weighted by Crippen LogP contribution is -2.51. The van der Waals surface area contributed by atoms with Gasteiger partial charge < -0.3 is 9.47 Å². The van der Waals surface area contributed by atoms with Crippen LogP contribution >= 0.6 is 0 Å². The zero-order valence-electron chi connectivity index (χ0n) is 10.7. The van der Waals surface area contributed by atoms with Gasteiger partial charge in [-0.05, 0) is 12.8 Å². The van der Waals surface area contributed by atoms with Gasteiger partial charge in [0.05, 0.1) is 7.11 Å². The fraction of sp³-hybridized carbons (Fsp3) is 1.00. The molecule has 0 N–H and O–H groups in total. The van der Waals surface area contributed by atoms with Crippen LogP contribution in [0.25, 0.3) is 0 Å². The highest BCUT2D eigenvalue weighted by Crippen LogP contribution is 2.24. The molecule has 0 spiro atoms. The van der Waals surface area contributed by atoms with Crippen LogP contribution in [-0.2, 0) is 14.3 Å². The number of hydrogen-bond acceptors (Lipinski definition) is 4. The van der Waals surface area contributed by atoms with Crippen molar-refractivity contribution in [1.29, 1.82) is 0 Å². The second-order valence-corrected chi connectivity index (χ2v) is 4.51. The van der Waals surface area contributed by atoms with E-state index in [2.05, 4.69) is 6.92 Å². The van der Waals surface area contributed by atoms with Crippen molar-refractivity contribution in [3.8, 4) is 0 Å². The van der Waals surface area contributed by atoms with Crippen molar-refractivity contribution in [2.45, 2.75) is 38.1 Å². The summed E-state index contributed by atoms with van der Waals surface area (Å²) in [6.07, 6.45) is 2.91. The second-order valence-electron chi connectivity index (χ2n) is 3.51. The van der Waals surface area contributed by atoms with Gasteiger partial charge in [0.15, 0.2) is 0 Å². The minimum atomic E-state index is -0.722. The Morgan fingerprint density at radius 3 is 2.13 bits per heavy atom. The molecule has 0 amide bonds. The smallest absolute Gasteiger partial charge is 0.251 e. The predicted octanol–water partition coefficient (Wildman–Crippen LogP) is 0.770. The molecule has 0 aromatic rings. The Labute approximate surface area is 96.2 Å². The first-order valence-corrected chi connectivity index (χ1v) is 7.04. The molecule has 0 saturated heterocycles. The number of rotatable bonds is 9. The molecule has 0 aromatic carbocycles. The van der Waals surface area contributed by atoms with Crippen molar-refractivity contribution in [1.82, 2.24) is 5.06 Å². The number of hydroxylamine groups is 2. The van der Waals surface area contributed by atoms with E-state index >= 15 is 0 Å². The molecule has 0 bridgehead atoms. The van der Waals surface area contributed by atoms with Crippen LogP contribution in [0.1, 0.15) is 26.2 Å². The van der Waals surface area contributed by atoms with E-state index in [0.29, 0.717) is 0 Å². The molecule has 0 heterocycles. The molecule has 4 nitrogen and oxygen atoms in total. The molecule has 0 fully saturated rings. The predicted molar refractivity (Wildman–Crippen MR) is 64.7 cm³/mol. The molecular weight excluding hydrogens is 210 g/mol. The average molecular weight is 235 g/mol. The highest BCUT2D eigenvalue weighted by atomic mass is 28.1. The van der Waals surface area contributed by atoms with Crippen LogP contribution in [0.5, 0.6) is 0 Å². The van der Waals surface area contributed by atoms with E-state index in [4.69, 9.17) is 14.3 Å². The summed E-state index contributed by atoms with van der Waals surface area (Å²) < 4.78 is 10.9. The van der Waals surface area contributed by atoms with Gasteiger partial charge in [-0.2, -0.15) is 0 Å². The molecule has 0 rings (SSSR count). The molecule has 0 atom stereocenters. The number of methoxy groups -OCH3 is 2. The first-order chi connectivity index (χ1) is 7.20. The fourth-order valence-corrected chi connectivity index (χ4v) is 1.95. The molecule has 0 aliphatic heterocycles. The molecule has 0 aliphatic carbocycles. The van der Waals surface area contributed by atoms with Crippen LogP contribution in [0.3, 0.4) is 0 Å². The molecule has 0 saturated carbocycles. The van der Waals surface area contributed by atoms with Crippen molar-refractivity contribution in [2.24, 2.45) is 0 Å². The van der Waals surface area contributed by atoms with Gasteiger partial charge in [-0.3, -0.25) is 4.84 Å². The van der Waals surface area contributed by atoms with Crippen molar-refractivity contribution >= 4 is 10.2 Å². The van der Waals surface area contributed by atoms with E-state index in [1.54, 1.807) is 26.4 Å². The Balaban J connectivity index is 4.51. The van der Waals surface area contributed by atoms with Crippen LogP contribution in [0.4, 0.5) is 0 Å².